The van der Waals surface area contributed by atoms with E-state index in [4.69, 9.17) is 5.73 Å². The summed E-state index contributed by atoms with van der Waals surface area (Å²) in [5.74, 6) is -0.359. The standard InChI is InChI=1S/C17H24FN5O2/c18-11-7-22(8-11)12-3-5-13(6-4-12)23-9-14(15(19)24)16(21-23)20-17(25)10-1-2-10/h9-13H,1-8H2,(H2,19,24)(H,20,21,25). The summed E-state index contributed by atoms with van der Waals surface area (Å²) in [6.45, 7) is 1.11. The van der Waals surface area contributed by atoms with Crippen LogP contribution in [0.3, 0.4) is 0 Å². The fourth-order valence-electron chi connectivity index (χ4n) is 3.86. The van der Waals surface area contributed by atoms with Crippen LogP contribution in [0.25, 0.3) is 0 Å². The lowest BCUT2D eigenvalue weighted by molar-refractivity contribution is -0.117. The molecule has 25 heavy (non-hydrogen) atoms. The minimum absolute atomic E-state index is 0.0390. The van der Waals surface area contributed by atoms with Gasteiger partial charge in [-0.1, -0.05) is 0 Å². The molecule has 2 aliphatic carbocycles. The number of amides is 2. The van der Waals surface area contributed by atoms with E-state index in [-0.39, 0.29) is 29.2 Å². The van der Waals surface area contributed by atoms with E-state index < -0.39 is 12.1 Å². The lowest BCUT2D eigenvalue weighted by Gasteiger charge is -2.43. The molecule has 3 aliphatic rings. The fourth-order valence-corrected chi connectivity index (χ4v) is 3.86. The number of hydrogen-bond donors (Lipinski definition) is 2. The van der Waals surface area contributed by atoms with Gasteiger partial charge in [0, 0.05) is 31.2 Å². The van der Waals surface area contributed by atoms with E-state index in [1.54, 1.807) is 10.9 Å². The smallest absolute Gasteiger partial charge is 0.254 e. The summed E-state index contributed by atoms with van der Waals surface area (Å²) in [6.07, 6.45) is 6.59. The van der Waals surface area contributed by atoms with Gasteiger partial charge in [0.25, 0.3) is 5.91 Å². The number of anilines is 1. The second-order valence-electron chi connectivity index (χ2n) is 7.51. The first-order chi connectivity index (χ1) is 12.0. The highest BCUT2D eigenvalue weighted by atomic mass is 19.1. The molecule has 0 unspecified atom stereocenters. The molecule has 1 aromatic heterocycles. The van der Waals surface area contributed by atoms with Crippen LogP contribution in [0.5, 0.6) is 0 Å². The first-order valence-electron chi connectivity index (χ1n) is 9.09. The third kappa shape index (κ3) is 3.40. The molecule has 1 aromatic rings. The lowest BCUT2D eigenvalue weighted by atomic mass is 9.88. The minimum atomic E-state index is -0.667. The third-order valence-corrected chi connectivity index (χ3v) is 5.61. The van der Waals surface area contributed by atoms with E-state index in [1.807, 2.05) is 0 Å². The number of primary amides is 1. The minimum Gasteiger partial charge on any atom is -0.365 e. The molecular formula is C17H24FN5O2. The van der Waals surface area contributed by atoms with Gasteiger partial charge in [-0.05, 0) is 38.5 Å². The van der Waals surface area contributed by atoms with Gasteiger partial charge in [0.15, 0.2) is 5.82 Å². The Morgan fingerprint density at radius 2 is 1.76 bits per heavy atom. The number of nitrogens with two attached hydrogens (primary N) is 1. The van der Waals surface area contributed by atoms with Gasteiger partial charge in [0.2, 0.25) is 5.91 Å². The Hall–Kier alpha value is -1.96. The van der Waals surface area contributed by atoms with Crippen molar-refractivity contribution in [3.05, 3.63) is 11.8 Å². The Morgan fingerprint density at radius 1 is 1.12 bits per heavy atom. The van der Waals surface area contributed by atoms with Gasteiger partial charge in [-0.3, -0.25) is 19.2 Å². The average molecular weight is 349 g/mol. The van der Waals surface area contributed by atoms with Crippen molar-refractivity contribution < 1.29 is 14.0 Å². The maximum absolute atomic E-state index is 13.0. The number of alkyl halides is 1. The number of likely N-dealkylation sites (tertiary alicyclic amines) is 1. The van der Waals surface area contributed by atoms with E-state index in [2.05, 4.69) is 15.3 Å². The summed E-state index contributed by atoms with van der Waals surface area (Å²) >= 11 is 0. The van der Waals surface area contributed by atoms with E-state index in [0.29, 0.717) is 19.1 Å². The number of carbonyl (C=O) groups is 2. The fraction of sp³-hybridized carbons (Fsp3) is 0.706. The average Bonchev–Trinajstić information content (AvgIpc) is 3.33. The van der Waals surface area contributed by atoms with Crippen molar-refractivity contribution in [2.45, 2.75) is 56.8 Å². The molecule has 0 spiro atoms. The Kier molecular flexibility index (Phi) is 4.23. The zero-order valence-electron chi connectivity index (χ0n) is 14.2. The summed E-state index contributed by atoms with van der Waals surface area (Å²) in [5.41, 5.74) is 5.70. The van der Waals surface area contributed by atoms with Crippen LogP contribution in [0, 0.1) is 5.92 Å². The lowest BCUT2D eigenvalue weighted by Crippen LogP contribution is -2.54. The summed E-state index contributed by atoms with van der Waals surface area (Å²) < 4.78 is 14.8. The maximum atomic E-state index is 13.0. The van der Waals surface area contributed by atoms with Crippen molar-refractivity contribution in [2.24, 2.45) is 11.7 Å². The first-order valence-corrected chi connectivity index (χ1v) is 9.09. The predicted octanol–water partition coefficient (Wildman–Crippen LogP) is 1.47. The van der Waals surface area contributed by atoms with Gasteiger partial charge in [0.1, 0.15) is 11.7 Å². The summed E-state index contributed by atoms with van der Waals surface area (Å²) in [7, 11) is 0. The van der Waals surface area contributed by atoms with Crippen LogP contribution in [0.4, 0.5) is 10.2 Å². The number of aromatic nitrogens is 2. The molecule has 3 N–H and O–H groups in total. The SMILES string of the molecule is NC(=O)c1cn(C2CCC(N3CC(F)C3)CC2)nc1NC(=O)C1CC1. The highest BCUT2D eigenvalue weighted by Gasteiger charge is 2.35. The molecule has 2 amide bonds. The van der Waals surface area contributed by atoms with Crippen molar-refractivity contribution in [3.63, 3.8) is 0 Å². The van der Waals surface area contributed by atoms with Gasteiger partial charge < -0.3 is 11.1 Å². The molecule has 8 heteroatoms. The first kappa shape index (κ1) is 16.5. The number of hydrogen-bond acceptors (Lipinski definition) is 4. The summed E-state index contributed by atoms with van der Waals surface area (Å²) in [6, 6.07) is 0.631. The molecule has 0 radical (unpaired) electrons. The molecule has 0 atom stereocenters. The topological polar surface area (TPSA) is 93.2 Å². The van der Waals surface area contributed by atoms with Gasteiger partial charge >= 0.3 is 0 Å². The molecular weight excluding hydrogens is 325 g/mol. The Labute approximate surface area is 145 Å². The summed E-state index contributed by atoms with van der Waals surface area (Å²) in [4.78, 5) is 25.9. The molecule has 1 aliphatic heterocycles. The van der Waals surface area contributed by atoms with Gasteiger partial charge in [-0.25, -0.2) is 4.39 Å². The normalized spacial score (nSPS) is 27.7. The van der Waals surface area contributed by atoms with Crippen LogP contribution < -0.4 is 11.1 Å². The number of halogens is 1. The van der Waals surface area contributed by atoms with Crippen molar-refractivity contribution in [3.8, 4) is 0 Å². The molecule has 7 nitrogen and oxygen atoms in total. The molecule has 4 rings (SSSR count). The second-order valence-corrected chi connectivity index (χ2v) is 7.51. The van der Waals surface area contributed by atoms with Crippen molar-refractivity contribution in [1.82, 2.24) is 14.7 Å². The maximum Gasteiger partial charge on any atom is 0.254 e. The van der Waals surface area contributed by atoms with Crippen LogP contribution in [0.2, 0.25) is 0 Å². The van der Waals surface area contributed by atoms with Crippen LogP contribution >= 0.6 is 0 Å². The number of nitrogens with zero attached hydrogens (tertiary/aromatic N) is 3. The number of carbonyl (C=O) groups excluding carboxylic acids is 2. The highest BCUT2D eigenvalue weighted by molar-refractivity contribution is 6.02. The second kappa shape index (κ2) is 6.40. The quantitative estimate of drug-likeness (QED) is 0.842. The predicted molar refractivity (Wildman–Crippen MR) is 89.9 cm³/mol. The van der Waals surface area contributed by atoms with Crippen LogP contribution in [-0.4, -0.2) is 51.8 Å². The summed E-state index contributed by atoms with van der Waals surface area (Å²) in [5, 5.41) is 7.17. The zero-order valence-corrected chi connectivity index (χ0v) is 14.2. The molecule has 0 bridgehead atoms. The number of rotatable bonds is 5. The van der Waals surface area contributed by atoms with E-state index in [1.165, 1.54) is 0 Å². The van der Waals surface area contributed by atoms with E-state index >= 15 is 0 Å². The van der Waals surface area contributed by atoms with Gasteiger partial charge in [-0.2, -0.15) is 5.10 Å². The van der Waals surface area contributed by atoms with Crippen LogP contribution in [-0.2, 0) is 4.79 Å². The van der Waals surface area contributed by atoms with Crippen molar-refractivity contribution >= 4 is 17.6 Å². The Balaban J connectivity index is 1.41. The van der Waals surface area contributed by atoms with Crippen LogP contribution in [0.1, 0.15) is 54.9 Å². The molecule has 136 valence electrons. The largest absolute Gasteiger partial charge is 0.365 e. The highest BCUT2D eigenvalue weighted by Crippen LogP contribution is 2.34. The number of nitrogens with one attached hydrogen (secondary N) is 1. The Bertz CT molecular complexity index is 673. The van der Waals surface area contributed by atoms with Gasteiger partial charge in [-0.15, -0.1) is 0 Å². The monoisotopic (exact) mass is 349 g/mol. The third-order valence-electron chi connectivity index (χ3n) is 5.61. The van der Waals surface area contributed by atoms with E-state index in [9.17, 15) is 14.0 Å². The Morgan fingerprint density at radius 3 is 2.32 bits per heavy atom. The molecule has 1 saturated heterocycles. The van der Waals surface area contributed by atoms with Crippen molar-refractivity contribution in [2.75, 3.05) is 18.4 Å². The van der Waals surface area contributed by atoms with Gasteiger partial charge in [0.05, 0.1) is 6.04 Å². The molecule has 2 saturated carbocycles. The molecule has 0 aromatic carbocycles. The zero-order chi connectivity index (χ0) is 17.6. The molecule has 3 fully saturated rings. The van der Waals surface area contributed by atoms with Crippen LogP contribution in [0.15, 0.2) is 6.20 Å². The van der Waals surface area contributed by atoms with Crippen molar-refractivity contribution in [1.29, 1.82) is 0 Å². The molecule has 2 heterocycles. The van der Waals surface area contributed by atoms with E-state index in [0.717, 1.165) is 38.5 Å².